The van der Waals surface area contributed by atoms with E-state index < -0.39 is 0 Å². The zero-order valence-electron chi connectivity index (χ0n) is 9.93. The quantitative estimate of drug-likeness (QED) is 0.626. The minimum absolute atomic E-state index is 0.115. The third-order valence-electron chi connectivity index (χ3n) is 3.45. The van der Waals surface area contributed by atoms with Gasteiger partial charge in [-0.3, -0.25) is 9.36 Å². The van der Waals surface area contributed by atoms with E-state index in [9.17, 15) is 4.79 Å². The molecule has 0 N–H and O–H groups in total. The van der Waals surface area contributed by atoms with Crippen molar-refractivity contribution < 1.29 is 4.79 Å². The number of carbonyl (C=O) groups is 1. The van der Waals surface area contributed by atoms with E-state index in [1.165, 1.54) is 0 Å². The first-order valence-electron chi connectivity index (χ1n) is 6.03. The Morgan fingerprint density at radius 3 is 2.89 bits per heavy atom. The predicted octanol–water partition coefficient (Wildman–Crippen LogP) is 3.42. The fourth-order valence-corrected chi connectivity index (χ4v) is 2.80. The highest BCUT2D eigenvalue weighted by atomic mass is 35.5. The molecule has 0 saturated carbocycles. The van der Waals surface area contributed by atoms with Crippen molar-refractivity contribution in [2.45, 2.75) is 6.42 Å². The second kappa shape index (κ2) is 3.68. The van der Waals surface area contributed by atoms with E-state index >= 15 is 0 Å². The summed E-state index contributed by atoms with van der Waals surface area (Å²) in [6.45, 7) is 0. The standard InChI is InChI=1S/C15H9ClN2O/c16-9-5-6-13-11(7-9)17-15-8-14(19)10-3-1-2-4-12(10)18(13)15/h1-7H,8H2. The number of aromatic nitrogens is 2. The number of para-hydroxylation sites is 1. The van der Waals surface area contributed by atoms with Crippen molar-refractivity contribution in [1.29, 1.82) is 0 Å². The molecule has 0 radical (unpaired) electrons. The van der Waals surface area contributed by atoms with Crippen LogP contribution >= 0.6 is 11.6 Å². The highest BCUT2D eigenvalue weighted by molar-refractivity contribution is 6.31. The van der Waals surface area contributed by atoms with Crippen LogP contribution in [0.15, 0.2) is 42.5 Å². The largest absolute Gasteiger partial charge is 0.295 e. The van der Waals surface area contributed by atoms with Crippen LogP contribution in [0, 0.1) is 0 Å². The van der Waals surface area contributed by atoms with Crippen LogP contribution in [0.2, 0.25) is 5.02 Å². The zero-order valence-corrected chi connectivity index (χ0v) is 10.7. The van der Waals surface area contributed by atoms with Crippen LogP contribution in [0.4, 0.5) is 0 Å². The lowest BCUT2D eigenvalue weighted by atomic mass is 10.0. The summed E-state index contributed by atoms with van der Waals surface area (Å²) in [5, 5.41) is 0.655. The van der Waals surface area contributed by atoms with Gasteiger partial charge >= 0.3 is 0 Å². The molecule has 2 heterocycles. The van der Waals surface area contributed by atoms with Gasteiger partial charge in [0.1, 0.15) is 5.82 Å². The third kappa shape index (κ3) is 1.45. The van der Waals surface area contributed by atoms with E-state index in [2.05, 4.69) is 4.98 Å². The van der Waals surface area contributed by atoms with Gasteiger partial charge in [0.05, 0.1) is 23.1 Å². The van der Waals surface area contributed by atoms with Crippen molar-refractivity contribution in [1.82, 2.24) is 9.55 Å². The summed E-state index contributed by atoms with van der Waals surface area (Å²) in [4.78, 5) is 16.6. The van der Waals surface area contributed by atoms with E-state index in [0.717, 1.165) is 28.1 Å². The number of hydrogen-bond donors (Lipinski definition) is 0. The SMILES string of the molecule is O=C1Cc2nc3cc(Cl)ccc3n2-c2ccccc21. The van der Waals surface area contributed by atoms with E-state index in [1.54, 1.807) is 0 Å². The Morgan fingerprint density at radius 1 is 1.16 bits per heavy atom. The fraction of sp³-hybridized carbons (Fsp3) is 0.0667. The van der Waals surface area contributed by atoms with Gasteiger partial charge in [-0.05, 0) is 30.3 Å². The molecule has 4 rings (SSSR count). The Labute approximate surface area is 114 Å². The number of imidazole rings is 1. The average molecular weight is 269 g/mol. The maximum absolute atomic E-state index is 12.1. The Morgan fingerprint density at radius 2 is 2.00 bits per heavy atom. The maximum Gasteiger partial charge on any atom is 0.172 e. The molecule has 0 unspecified atom stereocenters. The topological polar surface area (TPSA) is 34.9 Å². The number of fused-ring (bicyclic) bond motifs is 5. The number of nitrogens with zero attached hydrogens (tertiary/aromatic N) is 2. The minimum Gasteiger partial charge on any atom is -0.295 e. The van der Waals surface area contributed by atoms with Crippen LogP contribution in [0.3, 0.4) is 0 Å². The van der Waals surface area contributed by atoms with Crippen LogP contribution in [0.5, 0.6) is 0 Å². The second-order valence-corrected chi connectivity index (χ2v) is 5.05. The van der Waals surface area contributed by atoms with Gasteiger partial charge in [-0.25, -0.2) is 4.98 Å². The summed E-state index contributed by atoms with van der Waals surface area (Å²) in [6, 6.07) is 13.3. The Kier molecular flexibility index (Phi) is 2.09. The van der Waals surface area contributed by atoms with Crippen molar-refractivity contribution in [2.75, 3.05) is 0 Å². The molecule has 4 heteroatoms. The number of rotatable bonds is 0. The van der Waals surface area contributed by atoms with Crippen molar-refractivity contribution >= 4 is 28.4 Å². The number of benzene rings is 2. The van der Waals surface area contributed by atoms with E-state index in [4.69, 9.17) is 11.6 Å². The molecule has 0 saturated heterocycles. The van der Waals surface area contributed by atoms with Gasteiger partial charge in [0.2, 0.25) is 0 Å². The molecule has 1 aliphatic heterocycles. The first-order valence-corrected chi connectivity index (χ1v) is 6.41. The van der Waals surface area contributed by atoms with Crippen LogP contribution in [0.1, 0.15) is 16.2 Å². The van der Waals surface area contributed by atoms with E-state index in [-0.39, 0.29) is 5.78 Å². The molecule has 0 bridgehead atoms. The summed E-state index contributed by atoms with van der Waals surface area (Å²) < 4.78 is 2.04. The molecule has 19 heavy (non-hydrogen) atoms. The lowest BCUT2D eigenvalue weighted by Gasteiger charge is -2.17. The van der Waals surface area contributed by atoms with Crippen molar-refractivity contribution in [3.63, 3.8) is 0 Å². The molecule has 3 aromatic rings. The van der Waals surface area contributed by atoms with Crippen LogP contribution in [0.25, 0.3) is 16.7 Å². The summed E-state index contributed by atoms with van der Waals surface area (Å²) in [5.41, 5.74) is 3.47. The van der Waals surface area contributed by atoms with Gasteiger partial charge in [0, 0.05) is 10.6 Å². The molecule has 0 amide bonds. The fourth-order valence-electron chi connectivity index (χ4n) is 2.63. The average Bonchev–Trinajstić information content (AvgIpc) is 2.76. The van der Waals surface area contributed by atoms with Crippen molar-refractivity contribution in [3.05, 3.63) is 58.9 Å². The zero-order chi connectivity index (χ0) is 13.0. The molecule has 0 atom stereocenters. The summed E-state index contributed by atoms with van der Waals surface area (Å²) in [7, 11) is 0. The van der Waals surface area contributed by atoms with Crippen LogP contribution in [-0.2, 0) is 6.42 Å². The van der Waals surface area contributed by atoms with E-state index in [0.29, 0.717) is 11.4 Å². The molecule has 92 valence electrons. The van der Waals surface area contributed by atoms with Gasteiger partial charge < -0.3 is 0 Å². The normalized spacial score (nSPS) is 13.4. The first kappa shape index (κ1) is 10.8. The number of Topliss-reactive ketones (excluding diaryl/α,β-unsaturated/α-hetero) is 1. The smallest absolute Gasteiger partial charge is 0.172 e. The first-order chi connectivity index (χ1) is 9.24. The van der Waals surface area contributed by atoms with Crippen molar-refractivity contribution in [2.24, 2.45) is 0 Å². The molecule has 1 aromatic heterocycles. The monoisotopic (exact) mass is 268 g/mol. The third-order valence-corrected chi connectivity index (χ3v) is 3.69. The second-order valence-electron chi connectivity index (χ2n) is 4.61. The Bertz CT molecular complexity index is 835. The van der Waals surface area contributed by atoms with Crippen molar-refractivity contribution in [3.8, 4) is 5.69 Å². The highest BCUT2D eigenvalue weighted by Gasteiger charge is 2.25. The van der Waals surface area contributed by atoms with Crippen LogP contribution in [-0.4, -0.2) is 15.3 Å². The lowest BCUT2D eigenvalue weighted by molar-refractivity contribution is 0.0986. The Hall–Kier alpha value is -2.13. The number of halogens is 1. The van der Waals surface area contributed by atoms with Gasteiger partial charge in [0.25, 0.3) is 0 Å². The summed E-state index contributed by atoms with van der Waals surface area (Å²) >= 11 is 5.99. The maximum atomic E-state index is 12.1. The van der Waals surface area contributed by atoms with Gasteiger partial charge in [-0.1, -0.05) is 23.7 Å². The van der Waals surface area contributed by atoms with Gasteiger partial charge in [0.15, 0.2) is 5.78 Å². The highest BCUT2D eigenvalue weighted by Crippen LogP contribution is 2.30. The Balaban J connectivity index is 2.13. The molecule has 0 aliphatic carbocycles. The molecular weight excluding hydrogens is 260 g/mol. The summed E-state index contributed by atoms with van der Waals surface area (Å²) in [5.74, 6) is 0.894. The van der Waals surface area contributed by atoms with Crippen LogP contribution < -0.4 is 0 Å². The molecule has 0 fully saturated rings. The van der Waals surface area contributed by atoms with Gasteiger partial charge in [-0.2, -0.15) is 0 Å². The number of ketones is 1. The molecule has 3 nitrogen and oxygen atoms in total. The number of hydrogen-bond acceptors (Lipinski definition) is 2. The predicted molar refractivity (Wildman–Crippen MR) is 74.1 cm³/mol. The summed E-state index contributed by atoms with van der Waals surface area (Å²) in [6.07, 6.45) is 0.337. The number of carbonyl (C=O) groups excluding carboxylic acids is 1. The lowest BCUT2D eigenvalue weighted by Crippen LogP contribution is -2.18. The molecule has 1 aliphatic rings. The van der Waals surface area contributed by atoms with E-state index in [1.807, 2.05) is 47.0 Å². The minimum atomic E-state index is 0.115. The molecule has 0 spiro atoms. The molecule has 2 aromatic carbocycles. The van der Waals surface area contributed by atoms with Gasteiger partial charge in [-0.15, -0.1) is 0 Å². The molecular formula is C15H9ClN2O.